The Morgan fingerprint density at radius 1 is 0.913 bits per heavy atom. The van der Waals surface area contributed by atoms with Gasteiger partial charge in [0, 0.05) is 45.6 Å². The van der Waals surface area contributed by atoms with Crippen LogP contribution < -0.4 is 5.73 Å². The van der Waals surface area contributed by atoms with E-state index in [1.54, 1.807) is 12.4 Å². The fourth-order valence-corrected chi connectivity index (χ4v) is 2.48. The van der Waals surface area contributed by atoms with Gasteiger partial charge in [-0.2, -0.15) is 0 Å². The minimum Gasteiger partial charge on any atom is -0.399 e. The van der Waals surface area contributed by atoms with E-state index < -0.39 is 0 Å². The summed E-state index contributed by atoms with van der Waals surface area (Å²) in [6, 6.07) is 20.0. The number of nitrogens with zero attached hydrogens (tertiary/aromatic N) is 1. The summed E-state index contributed by atoms with van der Waals surface area (Å²) in [4.78, 5) is 7.98. The summed E-state index contributed by atoms with van der Waals surface area (Å²) in [6.07, 6.45) is 5.46. The molecule has 0 radical (unpaired) electrons. The number of pyridine rings is 1. The number of nitrogen functional groups attached to an aromatic ring is 1. The number of hydrogen-bond donors (Lipinski definition) is 3. The summed E-state index contributed by atoms with van der Waals surface area (Å²) < 4.78 is 0. The minimum atomic E-state index is 0.795. The summed E-state index contributed by atoms with van der Waals surface area (Å²) in [5.74, 6) is 0. The van der Waals surface area contributed by atoms with Crippen molar-refractivity contribution in [3.05, 3.63) is 79.3 Å². The standard InChI is InChI=1S/C14H12N2.C5H5NS/c15-11-7-5-10(6-8-11)13-9-16-14-4-2-1-3-12(13)14;7-5-2-1-3-6-4-5/h1-9,16H,15H2;1-4,7H. The van der Waals surface area contributed by atoms with Gasteiger partial charge in [-0.3, -0.25) is 4.98 Å². The van der Waals surface area contributed by atoms with E-state index in [9.17, 15) is 0 Å². The molecule has 0 aliphatic rings. The predicted molar refractivity (Wildman–Crippen MR) is 99.6 cm³/mol. The molecule has 4 aromatic rings. The predicted octanol–water partition coefficient (Wildman–Crippen LogP) is 4.79. The summed E-state index contributed by atoms with van der Waals surface area (Å²) in [5, 5.41) is 1.24. The fourth-order valence-electron chi connectivity index (χ4n) is 2.33. The van der Waals surface area contributed by atoms with Crippen molar-refractivity contribution in [3.8, 4) is 11.1 Å². The largest absolute Gasteiger partial charge is 0.399 e. The van der Waals surface area contributed by atoms with Gasteiger partial charge in [0.05, 0.1) is 0 Å². The Kier molecular flexibility index (Phi) is 4.64. The van der Waals surface area contributed by atoms with Crippen LogP contribution in [0, 0.1) is 0 Å². The van der Waals surface area contributed by atoms with Crippen LogP contribution in [0.5, 0.6) is 0 Å². The smallest absolute Gasteiger partial charge is 0.0460 e. The van der Waals surface area contributed by atoms with E-state index in [1.165, 1.54) is 16.5 Å². The van der Waals surface area contributed by atoms with Gasteiger partial charge in [0.25, 0.3) is 0 Å². The van der Waals surface area contributed by atoms with Gasteiger partial charge in [-0.15, -0.1) is 12.6 Å². The molecule has 2 aromatic heterocycles. The quantitative estimate of drug-likeness (QED) is 0.349. The van der Waals surface area contributed by atoms with Crippen molar-refractivity contribution < 1.29 is 0 Å². The summed E-state index contributed by atoms with van der Waals surface area (Å²) in [5.41, 5.74) is 10.0. The zero-order valence-corrected chi connectivity index (χ0v) is 13.4. The number of aromatic nitrogens is 2. The molecule has 4 heteroatoms. The Morgan fingerprint density at radius 2 is 1.70 bits per heavy atom. The lowest BCUT2D eigenvalue weighted by atomic mass is 10.0. The third-order valence-electron chi connectivity index (χ3n) is 3.46. The lowest BCUT2D eigenvalue weighted by molar-refractivity contribution is 1.24. The highest BCUT2D eigenvalue weighted by Crippen LogP contribution is 2.28. The van der Waals surface area contributed by atoms with Crippen LogP contribution in [0.15, 0.2) is 84.1 Å². The second-order valence-electron chi connectivity index (χ2n) is 5.08. The van der Waals surface area contributed by atoms with Crippen LogP contribution >= 0.6 is 12.6 Å². The number of nitrogens with one attached hydrogen (secondary N) is 1. The van der Waals surface area contributed by atoms with Crippen molar-refractivity contribution in [1.29, 1.82) is 0 Å². The second kappa shape index (κ2) is 7.03. The molecule has 0 saturated carbocycles. The molecular weight excluding hydrogens is 302 g/mol. The van der Waals surface area contributed by atoms with E-state index in [4.69, 9.17) is 5.73 Å². The maximum atomic E-state index is 5.68. The van der Waals surface area contributed by atoms with Crippen molar-refractivity contribution in [1.82, 2.24) is 9.97 Å². The molecule has 0 spiro atoms. The Bertz CT molecular complexity index is 883. The molecule has 0 aliphatic carbocycles. The van der Waals surface area contributed by atoms with Crippen LogP contribution in [0.2, 0.25) is 0 Å². The minimum absolute atomic E-state index is 0.795. The third kappa shape index (κ3) is 3.73. The van der Waals surface area contributed by atoms with Crippen molar-refractivity contribution >= 4 is 29.2 Å². The Labute approximate surface area is 140 Å². The van der Waals surface area contributed by atoms with Gasteiger partial charge in [0.1, 0.15) is 0 Å². The maximum absolute atomic E-state index is 5.68. The van der Waals surface area contributed by atoms with Crippen molar-refractivity contribution in [2.45, 2.75) is 4.90 Å². The fraction of sp³-hybridized carbons (Fsp3) is 0. The Hall–Kier alpha value is -2.72. The van der Waals surface area contributed by atoms with Crippen molar-refractivity contribution in [2.24, 2.45) is 0 Å². The molecule has 114 valence electrons. The molecule has 3 N–H and O–H groups in total. The molecule has 0 saturated heterocycles. The number of fused-ring (bicyclic) bond motifs is 1. The molecule has 0 unspecified atom stereocenters. The van der Waals surface area contributed by atoms with E-state index in [0.717, 1.165) is 16.1 Å². The normalized spacial score (nSPS) is 10.1. The average molecular weight is 319 g/mol. The highest BCUT2D eigenvalue weighted by atomic mass is 32.1. The van der Waals surface area contributed by atoms with Gasteiger partial charge in [0.15, 0.2) is 0 Å². The number of H-pyrrole nitrogens is 1. The molecule has 4 rings (SSSR count). The zero-order valence-electron chi connectivity index (χ0n) is 12.5. The van der Waals surface area contributed by atoms with Gasteiger partial charge >= 0.3 is 0 Å². The zero-order chi connectivity index (χ0) is 16.1. The Morgan fingerprint density at radius 3 is 2.35 bits per heavy atom. The van der Waals surface area contributed by atoms with Crippen molar-refractivity contribution in [2.75, 3.05) is 5.73 Å². The molecule has 2 heterocycles. The van der Waals surface area contributed by atoms with E-state index in [0.29, 0.717) is 0 Å². The van der Waals surface area contributed by atoms with Crippen LogP contribution in [-0.2, 0) is 0 Å². The summed E-state index contributed by atoms with van der Waals surface area (Å²) in [7, 11) is 0. The van der Waals surface area contributed by atoms with Gasteiger partial charge < -0.3 is 10.7 Å². The molecule has 0 bridgehead atoms. The van der Waals surface area contributed by atoms with E-state index in [2.05, 4.69) is 40.8 Å². The monoisotopic (exact) mass is 319 g/mol. The van der Waals surface area contributed by atoms with Crippen LogP contribution in [0.25, 0.3) is 22.0 Å². The van der Waals surface area contributed by atoms with Crippen LogP contribution in [-0.4, -0.2) is 9.97 Å². The van der Waals surface area contributed by atoms with Crippen LogP contribution in [0.4, 0.5) is 5.69 Å². The first-order valence-electron chi connectivity index (χ1n) is 7.25. The first-order valence-corrected chi connectivity index (χ1v) is 7.70. The van der Waals surface area contributed by atoms with E-state index in [-0.39, 0.29) is 0 Å². The van der Waals surface area contributed by atoms with Crippen LogP contribution in [0.3, 0.4) is 0 Å². The number of aromatic amines is 1. The van der Waals surface area contributed by atoms with Gasteiger partial charge in [0.2, 0.25) is 0 Å². The number of hydrogen-bond acceptors (Lipinski definition) is 3. The third-order valence-corrected chi connectivity index (χ3v) is 3.72. The molecule has 23 heavy (non-hydrogen) atoms. The summed E-state index contributed by atoms with van der Waals surface area (Å²) in [6.45, 7) is 0. The number of nitrogens with two attached hydrogens (primary N) is 1. The highest BCUT2D eigenvalue weighted by Gasteiger charge is 2.04. The molecule has 0 fully saturated rings. The van der Waals surface area contributed by atoms with Crippen molar-refractivity contribution in [3.63, 3.8) is 0 Å². The van der Waals surface area contributed by atoms with E-state index >= 15 is 0 Å². The Balaban J connectivity index is 0.000000188. The molecule has 3 nitrogen and oxygen atoms in total. The van der Waals surface area contributed by atoms with Gasteiger partial charge in [-0.05, 0) is 35.9 Å². The first kappa shape index (κ1) is 15.2. The molecule has 2 aromatic carbocycles. The molecule has 0 atom stereocenters. The highest BCUT2D eigenvalue weighted by molar-refractivity contribution is 7.80. The number of anilines is 1. The van der Waals surface area contributed by atoms with Gasteiger partial charge in [-0.1, -0.05) is 30.3 Å². The second-order valence-corrected chi connectivity index (χ2v) is 5.60. The lowest BCUT2D eigenvalue weighted by Gasteiger charge is -2.00. The number of para-hydroxylation sites is 1. The number of benzene rings is 2. The average Bonchev–Trinajstić information content (AvgIpc) is 3.01. The first-order chi connectivity index (χ1) is 11.2. The van der Waals surface area contributed by atoms with Crippen LogP contribution in [0.1, 0.15) is 0 Å². The maximum Gasteiger partial charge on any atom is 0.0460 e. The SMILES string of the molecule is Nc1ccc(-c2c[nH]c3ccccc23)cc1.Sc1cccnc1. The molecule has 0 aliphatic heterocycles. The summed E-state index contributed by atoms with van der Waals surface area (Å²) >= 11 is 4.02. The molecular formula is C19H17N3S. The number of thiol groups is 1. The van der Waals surface area contributed by atoms with E-state index in [1.807, 2.05) is 48.7 Å². The van der Waals surface area contributed by atoms with Gasteiger partial charge in [-0.25, -0.2) is 0 Å². The topological polar surface area (TPSA) is 54.7 Å². The lowest BCUT2D eigenvalue weighted by Crippen LogP contribution is -1.83. The number of rotatable bonds is 1. The molecule has 0 amide bonds.